The number of carbonyl (C=O) groups excluding carboxylic acids is 1. The normalized spacial score (nSPS) is 11.0. The molecule has 0 spiro atoms. The number of nitrogens with one attached hydrogen (secondary N) is 1. The Kier molecular flexibility index (Phi) is 8.21. The lowest BCUT2D eigenvalue weighted by molar-refractivity contribution is -0.120. The van der Waals surface area contributed by atoms with E-state index in [0.29, 0.717) is 13.0 Å². The highest BCUT2D eigenvalue weighted by Gasteiger charge is 2.11. The first-order valence-electron chi connectivity index (χ1n) is 11.7. The van der Waals surface area contributed by atoms with Gasteiger partial charge in [0.05, 0.1) is 24.6 Å². The Bertz CT molecular complexity index is 1220. The summed E-state index contributed by atoms with van der Waals surface area (Å²) in [4.78, 5) is 17.1. The monoisotopic (exact) mass is 475 g/mol. The topological polar surface area (TPSA) is 56.1 Å². The lowest BCUT2D eigenvalue weighted by atomic mass is 10.1. The van der Waals surface area contributed by atoms with Crippen LogP contribution < -0.4 is 10.1 Å². The second-order valence-corrected chi connectivity index (χ2v) is 8.85. The number of unbranched alkanes of at least 4 members (excludes halogenated alkanes) is 2. The standard InChI is InChI=1S/C28H30ClN3O2/c1-34-24-16-12-21(13-17-24)19-28(33)30-18-6-2-3-9-27-31-25-7-4-5-8-26(25)32(27)20-22-10-14-23(29)15-11-22/h4-5,7-8,10-17H,2-3,6,9,18-20H2,1H3,(H,30,33). The Morgan fingerprint density at radius 2 is 1.68 bits per heavy atom. The minimum atomic E-state index is 0.0509. The average molecular weight is 476 g/mol. The van der Waals surface area contributed by atoms with Gasteiger partial charge in [0.25, 0.3) is 0 Å². The number of aromatic nitrogens is 2. The molecule has 34 heavy (non-hydrogen) atoms. The van der Waals surface area contributed by atoms with E-state index in [0.717, 1.165) is 65.4 Å². The fourth-order valence-electron chi connectivity index (χ4n) is 4.07. The maximum Gasteiger partial charge on any atom is 0.224 e. The number of fused-ring (bicyclic) bond motifs is 1. The van der Waals surface area contributed by atoms with Crippen LogP contribution in [0.3, 0.4) is 0 Å². The molecule has 0 fully saturated rings. The third-order valence-corrected chi connectivity index (χ3v) is 6.16. The van der Waals surface area contributed by atoms with E-state index in [1.54, 1.807) is 7.11 Å². The number of aryl methyl sites for hydroxylation is 1. The number of methoxy groups -OCH3 is 1. The molecule has 0 atom stereocenters. The van der Waals surface area contributed by atoms with Gasteiger partial charge in [0.2, 0.25) is 5.91 Å². The van der Waals surface area contributed by atoms with Gasteiger partial charge >= 0.3 is 0 Å². The zero-order valence-corrected chi connectivity index (χ0v) is 20.2. The summed E-state index contributed by atoms with van der Waals surface area (Å²) in [6.45, 7) is 1.46. The van der Waals surface area contributed by atoms with E-state index in [9.17, 15) is 4.79 Å². The van der Waals surface area contributed by atoms with E-state index in [-0.39, 0.29) is 5.91 Å². The summed E-state index contributed by atoms with van der Waals surface area (Å²) in [6.07, 6.45) is 4.30. The molecular formula is C28H30ClN3O2. The van der Waals surface area contributed by atoms with Crippen molar-refractivity contribution in [1.29, 1.82) is 0 Å². The van der Waals surface area contributed by atoms with Crippen LogP contribution in [-0.4, -0.2) is 29.1 Å². The predicted molar refractivity (Wildman–Crippen MR) is 138 cm³/mol. The Hall–Kier alpha value is -3.31. The Morgan fingerprint density at radius 1 is 0.941 bits per heavy atom. The van der Waals surface area contributed by atoms with Crippen molar-refractivity contribution in [2.45, 2.75) is 38.6 Å². The fourth-order valence-corrected chi connectivity index (χ4v) is 4.20. The average Bonchev–Trinajstić information content (AvgIpc) is 3.20. The number of amides is 1. The number of rotatable bonds is 11. The van der Waals surface area contributed by atoms with Gasteiger partial charge in [-0.05, 0) is 60.4 Å². The number of nitrogens with zero attached hydrogens (tertiary/aromatic N) is 2. The van der Waals surface area contributed by atoms with E-state index in [4.69, 9.17) is 21.3 Å². The molecule has 0 radical (unpaired) electrons. The van der Waals surface area contributed by atoms with Crippen LogP contribution in [0.5, 0.6) is 5.75 Å². The lowest BCUT2D eigenvalue weighted by Gasteiger charge is -2.10. The van der Waals surface area contributed by atoms with Crippen LogP contribution in [-0.2, 0) is 24.2 Å². The molecule has 0 saturated carbocycles. The molecule has 0 bridgehead atoms. The Balaban J connectivity index is 1.25. The van der Waals surface area contributed by atoms with E-state index in [1.165, 1.54) is 5.56 Å². The summed E-state index contributed by atoms with van der Waals surface area (Å²) in [5.41, 5.74) is 4.36. The summed E-state index contributed by atoms with van der Waals surface area (Å²) in [7, 11) is 1.64. The van der Waals surface area contributed by atoms with Crippen LogP contribution in [0.25, 0.3) is 11.0 Å². The second-order valence-electron chi connectivity index (χ2n) is 8.41. The van der Waals surface area contributed by atoms with Gasteiger partial charge in [-0.25, -0.2) is 4.98 Å². The first-order valence-corrected chi connectivity index (χ1v) is 12.1. The third kappa shape index (κ3) is 6.39. The predicted octanol–water partition coefficient (Wildman–Crippen LogP) is 5.82. The zero-order valence-electron chi connectivity index (χ0n) is 19.5. The number of benzene rings is 3. The lowest BCUT2D eigenvalue weighted by Crippen LogP contribution is -2.26. The van der Waals surface area contributed by atoms with Crippen molar-refractivity contribution in [3.05, 3.63) is 94.8 Å². The molecule has 176 valence electrons. The molecule has 1 heterocycles. The van der Waals surface area contributed by atoms with Gasteiger partial charge in [0, 0.05) is 24.5 Å². The Labute approximate surface area is 205 Å². The number of para-hydroxylation sites is 2. The van der Waals surface area contributed by atoms with Gasteiger partial charge < -0.3 is 14.6 Å². The smallest absolute Gasteiger partial charge is 0.224 e. The highest BCUT2D eigenvalue weighted by molar-refractivity contribution is 6.30. The molecule has 0 aliphatic carbocycles. The summed E-state index contributed by atoms with van der Waals surface area (Å²) in [6, 6.07) is 23.9. The summed E-state index contributed by atoms with van der Waals surface area (Å²) < 4.78 is 7.46. The highest BCUT2D eigenvalue weighted by Crippen LogP contribution is 2.20. The molecule has 0 saturated heterocycles. The van der Waals surface area contributed by atoms with Gasteiger partial charge in [-0.2, -0.15) is 0 Å². The highest BCUT2D eigenvalue weighted by atomic mass is 35.5. The minimum absolute atomic E-state index is 0.0509. The summed E-state index contributed by atoms with van der Waals surface area (Å²) >= 11 is 6.05. The van der Waals surface area contributed by atoms with Crippen molar-refractivity contribution < 1.29 is 9.53 Å². The SMILES string of the molecule is COc1ccc(CC(=O)NCCCCCc2nc3ccccc3n2Cc2ccc(Cl)cc2)cc1. The molecule has 3 aromatic carbocycles. The van der Waals surface area contributed by atoms with Gasteiger partial charge in [-0.1, -0.05) is 54.4 Å². The van der Waals surface area contributed by atoms with E-state index < -0.39 is 0 Å². The van der Waals surface area contributed by atoms with E-state index in [1.807, 2.05) is 42.5 Å². The van der Waals surface area contributed by atoms with Crippen LogP contribution in [0, 0.1) is 0 Å². The van der Waals surface area contributed by atoms with Gasteiger partial charge in [-0.15, -0.1) is 0 Å². The van der Waals surface area contributed by atoms with Crippen LogP contribution in [0.2, 0.25) is 5.02 Å². The van der Waals surface area contributed by atoms with Gasteiger partial charge in [0.1, 0.15) is 11.6 Å². The van der Waals surface area contributed by atoms with Crippen LogP contribution >= 0.6 is 11.6 Å². The minimum Gasteiger partial charge on any atom is -0.497 e. The van der Waals surface area contributed by atoms with E-state index in [2.05, 4.69) is 40.2 Å². The molecular weight excluding hydrogens is 446 g/mol. The number of carbonyl (C=O) groups is 1. The van der Waals surface area contributed by atoms with Crippen molar-refractivity contribution in [2.75, 3.05) is 13.7 Å². The molecule has 6 heteroatoms. The molecule has 0 unspecified atom stereocenters. The third-order valence-electron chi connectivity index (χ3n) is 5.91. The zero-order chi connectivity index (χ0) is 23.8. The summed E-state index contributed by atoms with van der Waals surface area (Å²) in [5.74, 6) is 1.94. The number of hydrogen-bond donors (Lipinski definition) is 1. The molecule has 1 N–H and O–H groups in total. The van der Waals surface area contributed by atoms with Crippen LogP contribution in [0.1, 0.15) is 36.2 Å². The van der Waals surface area contributed by atoms with Crippen molar-refractivity contribution >= 4 is 28.5 Å². The van der Waals surface area contributed by atoms with E-state index >= 15 is 0 Å². The largest absolute Gasteiger partial charge is 0.497 e. The Morgan fingerprint density at radius 3 is 2.44 bits per heavy atom. The molecule has 4 rings (SSSR count). The number of hydrogen-bond acceptors (Lipinski definition) is 3. The first-order chi connectivity index (χ1) is 16.6. The van der Waals surface area contributed by atoms with Crippen molar-refractivity contribution in [3.8, 4) is 5.75 Å². The molecule has 0 aliphatic heterocycles. The van der Waals surface area contributed by atoms with Crippen LogP contribution in [0.4, 0.5) is 0 Å². The molecule has 1 aromatic heterocycles. The molecule has 4 aromatic rings. The summed E-state index contributed by atoms with van der Waals surface area (Å²) in [5, 5.41) is 3.77. The maximum absolute atomic E-state index is 12.2. The molecule has 0 aliphatic rings. The number of imidazole rings is 1. The van der Waals surface area contributed by atoms with Gasteiger partial charge in [0.15, 0.2) is 0 Å². The second kappa shape index (κ2) is 11.7. The molecule has 5 nitrogen and oxygen atoms in total. The van der Waals surface area contributed by atoms with Crippen molar-refractivity contribution in [1.82, 2.24) is 14.9 Å². The quantitative estimate of drug-likeness (QED) is 0.278. The maximum atomic E-state index is 12.2. The number of halogens is 1. The van der Waals surface area contributed by atoms with Gasteiger partial charge in [-0.3, -0.25) is 4.79 Å². The van der Waals surface area contributed by atoms with Crippen molar-refractivity contribution in [2.24, 2.45) is 0 Å². The first kappa shape index (κ1) is 23.8. The fraction of sp³-hybridized carbons (Fsp3) is 0.286. The van der Waals surface area contributed by atoms with Crippen LogP contribution in [0.15, 0.2) is 72.8 Å². The number of ether oxygens (including phenoxy) is 1. The molecule has 1 amide bonds. The van der Waals surface area contributed by atoms with Crippen molar-refractivity contribution in [3.63, 3.8) is 0 Å².